The van der Waals surface area contributed by atoms with Crippen molar-refractivity contribution in [3.8, 4) is 5.75 Å². The Morgan fingerprint density at radius 1 is 1.46 bits per heavy atom. The Hall–Kier alpha value is -2.83. The van der Waals surface area contributed by atoms with Crippen molar-refractivity contribution >= 4 is 17.5 Å². The molecule has 0 aliphatic carbocycles. The van der Waals surface area contributed by atoms with E-state index in [0.29, 0.717) is 11.4 Å². The standard InChI is InChI=1S/C17H20N4O3/c1-3-6-11-9-12(20-19-11)16(22)18-13-10-24-15-8-5-4-7-14(15)21(2)17(13)23/h4-5,7-9,13H,3,6,10H2,1-2H3,(H,18,22)(H,19,20)/t13-/m1/s1. The molecule has 3 rings (SSSR count). The van der Waals surface area contributed by atoms with Gasteiger partial charge in [-0.05, 0) is 24.6 Å². The number of H-pyrrole nitrogens is 1. The zero-order chi connectivity index (χ0) is 17.1. The number of rotatable bonds is 4. The van der Waals surface area contributed by atoms with Gasteiger partial charge in [-0.3, -0.25) is 14.7 Å². The molecule has 0 saturated carbocycles. The Morgan fingerprint density at radius 3 is 3.04 bits per heavy atom. The summed E-state index contributed by atoms with van der Waals surface area (Å²) in [5, 5.41) is 9.55. The number of anilines is 1. The highest BCUT2D eigenvalue weighted by Crippen LogP contribution is 2.29. The molecule has 2 amide bonds. The van der Waals surface area contributed by atoms with Crippen molar-refractivity contribution in [3.63, 3.8) is 0 Å². The summed E-state index contributed by atoms with van der Waals surface area (Å²) < 4.78 is 5.68. The first-order valence-electron chi connectivity index (χ1n) is 7.94. The summed E-state index contributed by atoms with van der Waals surface area (Å²) in [5.41, 5.74) is 1.86. The molecule has 126 valence electrons. The fourth-order valence-corrected chi connectivity index (χ4v) is 2.66. The Bertz CT molecular complexity index is 756. The maximum atomic E-state index is 12.6. The molecule has 2 aromatic rings. The van der Waals surface area contributed by atoms with E-state index in [9.17, 15) is 9.59 Å². The monoisotopic (exact) mass is 328 g/mol. The third-order valence-electron chi connectivity index (χ3n) is 3.95. The summed E-state index contributed by atoms with van der Waals surface area (Å²) in [5.74, 6) is 0.00243. The number of nitrogens with one attached hydrogen (secondary N) is 2. The lowest BCUT2D eigenvalue weighted by Crippen LogP contribution is -2.49. The van der Waals surface area contributed by atoms with E-state index in [4.69, 9.17) is 4.74 Å². The molecule has 7 nitrogen and oxygen atoms in total. The molecule has 0 bridgehead atoms. The molecular weight excluding hydrogens is 308 g/mol. The second kappa shape index (κ2) is 6.74. The summed E-state index contributed by atoms with van der Waals surface area (Å²) in [6.07, 6.45) is 1.78. The van der Waals surface area contributed by atoms with Crippen LogP contribution in [0.3, 0.4) is 0 Å². The summed E-state index contributed by atoms with van der Waals surface area (Å²) in [4.78, 5) is 26.4. The highest BCUT2D eigenvalue weighted by molar-refractivity contribution is 6.02. The molecule has 2 N–H and O–H groups in total. The van der Waals surface area contributed by atoms with Gasteiger partial charge in [0.2, 0.25) is 0 Å². The van der Waals surface area contributed by atoms with E-state index in [-0.39, 0.29) is 18.2 Å². The van der Waals surface area contributed by atoms with Crippen molar-refractivity contribution in [2.75, 3.05) is 18.6 Å². The van der Waals surface area contributed by atoms with Gasteiger partial charge in [0.05, 0.1) is 5.69 Å². The van der Waals surface area contributed by atoms with Gasteiger partial charge in [0.1, 0.15) is 24.1 Å². The van der Waals surface area contributed by atoms with E-state index < -0.39 is 11.9 Å². The lowest BCUT2D eigenvalue weighted by Gasteiger charge is -2.19. The van der Waals surface area contributed by atoms with Crippen LogP contribution in [-0.2, 0) is 11.2 Å². The number of likely N-dealkylation sites (N-methyl/N-ethyl adjacent to an activating group) is 1. The van der Waals surface area contributed by atoms with E-state index in [2.05, 4.69) is 22.4 Å². The molecule has 0 spiro atoms. The molecule has 24 heavy (non-hydrogen) atoms. The van der Waals surface area contributed by atoms with Crippen molar-refractivity contribution < 1.29 is 14.3 Å². The van der Waals surface area contributed by atoms with Crippen LogP contribution in [0.2, 0.25) is 0 Å². The van der Waals surface area contributed by atoms with Crippen molar-refractivity contribution in [3.05, 3.63) is 41.7 Å². The first-order valence-corrected chi connectivity index (χ1v) is 7.94. The van der Waals surface area contributed by atoms with Gasteiger partial charge in [-0.25, -0.2) is 0 Å². The molecule has 0 fully saturated rings. The van der Waals surface area contributed by atoms with Crippen LogP contribution in [0.5, 0.6) is 5.75 Å². The van der Waals surface area contributed by atoms with Crippen LogP contribution in [0, 0.1) is 0 Å². The van der Waals surface area contributed by atoms with E-state index in [1.807, 2.05) is 18.2 Å². The lowest BCUT2D eigenvalue weighted by atomic mass is 10.2. The van der Waals surface area contributed by atoms with Crippen molar-refractivity contribution in [2.24, 2.45) is 0 Å². The molecule has 0 radical (unpaired) electrons. The maximum absolute atomic E-state index is 12.6. The minimum absolute atomic E-state index is 0.0815. The van der Waals surface area contributed by atoms with Crippen LogP contribution < -0.4 is 15.0 Å². The number of para-hydroxylation sites is 2. The Morgan fingerprint density at radius 2 is 2.25 bits per heavy atom. The predicted octanol–water partition coefficient (Wildman–Crippen LogP) is 1.52. The van der Waals surface area contributed by atoms with Gasteiger partial charge in [0, 0.05) is 12.7 Å². The highest BCUT2D eigenvalue weighted by atomic mass is 16.5. The smallest absolute Gasteiger partial charge is 0.272 e. The van der Waals surface area contributed by atoms with E-state index in [1.54, 1.807) is 19.2 Å². The Kier molecular flexibility index (Phi) is 4.50. The normalized spacial score (nSPS) is 17.0. The summed E-state index contributed by atoms with van der Waals surface area (Å²) in [6, 6.07) is 8.23. The topological polar surface area (TPSA) is 87.3 Å². The number of amides is 2. The summed E-state index contributed by atoms with van der Waals surface area (Å²) >= 11 is 0. The third-order valence-corrected chi connectivity index (χ3v) is 3.95. The number of hydrogen-bond acceptors (Lipinski definition) is 4. The Labute approximate surface area is 140 Å². The first kappa shape index (κ1) is 16.0. The predicted molar refractivity (Wildman–Crippen MR) is 89.2 cm³/mol. The highest BCUT2D eigenvalue weighted by Gasteiger charge is 2.30. The molecule has 1 aliphatic rings. The molecule has 1 atom stereocenters. The zero-order valence-corrected chi connectivity index (χ0v) is 13.7. The molecule has 1 aliphatic heterocycles. The number of carbonyl (C=O) groups is 2. The molecular formula is C17H20N4O3. The summed E-state index contributed by atoms with van der Waals surface area (Å²) in [7, 11) is 1.67. The van der Waals surface area contributed by atoms with Crippen LogP contribution >= 0.6 is 0 Å². The van der Waals surface area contributed by atoms with E-state index in [1.165, 1.54) is 4.90 Å². The molecule has 0 unspecified atom stereocenters. The fraction of sp³-hybridized carbons (Fsp3) is 0.353. The van der Waals surface area contributed by atoms with Gasteiger partial charge in [-0.15, -0.1) is 0 Å². The second-order valence-corrected chi connectivity index (χ2v) is 5.73. The van der Waals surface area contributed by atoms with Crippen LogP contribution in [0.15, 0.2) is 30.3 Å². The van der Waals surface area contributed by atoms with Crippen LogP contribution in [0.4, 0.5) is 5.69 Å². The molecule has 7 heteroatoms. The SMILES string of the molecule is CCCc1cc(C(=O)N[C@@H]2COc3ccccc3N(C)C2=O)n[nH]1. The van der Waals surface area contributed by atoms with Crippen molar-refractivity contribution in [1.29, 1.82) is 0 Å². The van der Waals surface area contributed by atoms with E-state index >= 15 is 0 Å². The number of aromatic amines is 1. The largest absolute Gasteiger partial charge is 0.489 e. The number of nitrogens with zero attached hydrogens (tertiary/aromatic N) is 2. The van der Waals surface area contributed by atoms with Gasteiger partial charge in [0.25, 0.3) is 11.8 Å². The maximum Gasteiger partial charge on any atom is 0.272 e. The number of benzene rings is 1. The van der Waals surface area contributed by atoms with Gasteiger partial charge >= 0.3 is 0 Å². The second-order valence-electron chi connectivity index (χ2n) is 5.73. The van der Waals surface area contributed by atoms with E-state index in [0.717, 1.165) is 18.5 Å². The average molecular weight is 328 g/mol. The molecule has 1 aromatic carbocycles. The van der Waals surface area contributed by atoms with Gasteiger partial charge in [0.15, 0.2) is 0 Å². The zero-order valence-electron chi connectivity index (χ0n) is 13.7. The first-order chi connectivity index (χ1) is 11.6. The number of carbonyl (C=O) groups excluding carboxylic acids is 2. The molecule has 2 heterocycles. The van der Waals surface area contributed by atoms with Crippen molar-refractivity contribution in [1.82, 2.24) is 15.5 Å². The third kappa shape index (κ3) is 3.10. The number of hydrogen-bond donors (Lipinski definition) is 2. The quantitative estimate of drug-likeness (QED) is 0.891. The van der Waals surface area contributed by atoms with Crippen LogP contribution in [-0.4, -0.2) is 41.7 Å². The number of aromatic nitrogens is 2. The van der Waals surface area contributed by atoms with Gasteiger partial charge < -0.3 is 15.0 Å². The molecule has 0 saturated heterocycles. The van der Waals surface area contributed by atoms with Crippen LogP contribution in [0.1, 0.15) is 29.5 Å². The lowest BCUT2D eigenvalue weighted by molar-refractivity contribution is -0.120. The average Bonchev–Trinajstić information content (AvgIpc) is 3.02. The molecule has 1 aromatic heterocycles. The van der Waals surface area contributed by atoms with Crippen LogP contribution in [0.25, 0.3) is 0 Å². The summed E-state index contributed by atoms with van der Waals surface area (Å²) in [6.45, 7) is 2.13. The Balaban J connectivity index is 1.73. The minimum Gasteiger partial charge on any atom is -0.489 e. The number of fused-ring (bicyclic) bond motifs is 1. The van der Waals surface area contributed by atoms with Crippen molar-refractivity contribution in [2.45, 2.75) is 25.8 Å². The van der Waals surface area contributed by atoms with Gasteiger partial charge in [-0.1, -0.05) is 25.5 Å². The number of ether oxygens (including phenoxy) is 1. The van der Waals surface area contributed by atoms with Gasteiger partial charge in [-0.2, -0.15) is 5.10 Å². The fourth-order valence-electron chi connectivity index (χ4n) is 2.66. The minimum atomic E-state index is -0.763. The number of aryl methyl sites for hydroxylation is 1.